The molecule has 4 amide bonds. The lowest BCUT2D eigenvalue weighted by Gasteiger charge is -2.29. The highest BCUT2D eigenvalue weighted by atomic mass is 16.5. The molecule has 0 bridgehead atoms. The Morgan fingerprint density at radius 1 is 1.25 bits per heavy atom. The van der Waals surface area contributed by atoms with Crippen LogP contribution in [0.3, 0.4) is 0 Å². The van der Waals surface area contributed by atoms with E-state index in [4.69, 9.17) is 4.74 Å². The molecule has 1 atom stereocenters. The molecule has 0 saturated carbocycles. The van der Waals surface area contributed by atoms with Crippen LogP contribution in [0.2, 0.25) is 0 Å². The van der Waals surface area contributed by atoms with E-state index in [9.17, 15) is 19.2 Å². The van der Waals surface area contributed by atoms with Crippen molar-refractivity contribution >= 4 is 29.3 Å². The van der Waals surface area contributed by atoms with E-state index in [1.807, 2.05) is 6.07 Å². The molecule has 2 aliphatic heterocycles. The molecule has 28 heavy (non-hydrogen) atoms. The minimum absolute atomic E-state index is 0.0909. The fraction of sp³-hybridized carbons (Fsp3) is 0.474. The fourth-order valence-electron chi connectivity index (χ4n) is 3.41. The van der Waals surface area contributed by atoms with Crippen LogP contribution in [0.5, 0.6) is 0 Å². The molecular formula is C19H24N4O5. The van der Waals surface area contributed by atoms with Gasteiger partial charge in [0.15, 0.2) is 0 Å². The third kappa shape index (κ3) is 4.48. The summed E-state index contributed by atoms with van der Waals surface area (Å²) >= 11 is 0. The van der Waals surface area contributed by atoms with Gasteiger partial charge < -0.3 is 20.3 Å². The van der Waals surface area contributed by atoms with Gasteiger partial charge in [-0.15, -0.1) is 0 Å². The molecule has 1 unspecified atom stereocenters. The summed E-state index contributed by atoms with van der Waals surface area (Å²) in [4.78, 5) is 48.5. The summed E-state index contributed by atoms with van der Waals surface area (Å²) in [6.07, 6.45) is 0.576. The highest BCUT2D eigenvalue weighted by molar-refractivity contribution is 6.06. The number of nitrogens with zero attached hydrogens (tertiary/aromatic N) is 1. The number of piperidine rings is 1. The van der Waals surface area contributed by atoms with E-state index in [0.29, 0.717) is 44.8 Å². The normalized spacial score (nSPS) is 18.7. The number of amides is 4. The number of carbonyl (C=O) groups is 4. The Morgan fingerprint density at radius 3 is 2.79 bits per heavy atom. The zero-order chi connectivity index (χ0) is 20.1. The average molecular weight is 388 g/mol. The first-order valence-corrected chi connectivity index (χ1v) is 9.30. The monoisotopic (exact) mass is 388 g/mol. The largest absolute Gasteiger partial charge is 0.382 e. The van der Waals surface area contributed by atoms with Gasteiger partial charge >= 0.3 is 0 Å². The highest BCUT2D eigenvalue weighted by Gasteiger charge is 2.39. The first-order valence-electron chi connectivity index (χ1n) is 9.30. The summed E-state index contributed by atoms with van der Waals surface area (Å²) < 4.78 is 5.45. The van der Waals surface area contributed by atoms with Crippen molar-refractivity contribution in [3.63, 3.8) is 0 Å². The zero-order valence-electron chi connectivity index (χ0n) is 15.7. The molecule has 0 aliphatic carbocycles. The summed E-state index contributed by atoms with van der Waals surface area (Å²) in [5.41, 5.74) is 2.24. The number of nitrogens with one attached hydrogen (secondary N) is 3. The maximum atomic E-state index is 12.8. The lowest BCUT2D eigenvalue weighted by atomic mass is 10.0. The lowest BCUT2D eigenvalue weighted by molar-refractivity contribution is -0.137. The first kappa shape index (κ1) is 19.8. The van der Waals surface area contributed by atoms with E-state index < -0.39 is 11.9 Å². The molecule has 2 aliphatic rings. The SMILES string of the molecule is CC(=O)NCCOCCNc1cccc2c1CN(C1CCC(=O)NC1=O)C2=O. The molecule has 0 radical (unpaired) electrons. The second-order valence-electron chi connectivity index (χ2n) is 6.75. The minimum atomic E-state index is -0.623. The summed E-state index contributed by atoms with van der Waals surface area (Å²) in [6, 6.07) is 4.81. The Bertz CT molecular complexity index is 795. The number of imide groups is 1. The molecule has 1 saturated heterocycles. The maximum absolute atomic E-state index is 12.8. The van der Waals surface area contributed by atoms with E-state index in [0.717, 1.165) is 11.3 Å². The van der Waals surface area contributed by atoms with Crippen LogP contribution < -0.4 is 16.0 Å². The molecule has 9 nitrogen and oxygen atoms in total. The van der Waals surface area contributed by atoms with E-state index in [-0.39, 0.29) is 24.1 Å². The average Bonchev–Trinajstić information content (AvgIpc) is 2.98. The molecule has 0 spiro atoms. The number of hydrogen-bond donors (Lipinski definition) is 3. The van der Waals surface area contributed by atoms with Crippen molar-refractivity contribution < 1.29 is 23.9 Å². The molecule has 3 N–H and O–H groups in total. The van der Waals surface area contributed by atoms with Crippen molar-refractivity contribution in [2.75, 3.05) is 31.6 Å². The molecular weight excluding hydrogens is 364 g/mol. The zero-order valence-corrected chi connectivity index (χ0v) is 15.7. The number of ether oxygens (including phenoxy) is 1. The van der Waals surface area contributed by atoms with Gasteiger partial charge in [0.05, 0.1) is 13.2 Å². The van der Waals surface area contributed by atoms with Crippen molar-refractivity contribution in [1.29, 1.82) is 0 Å². The van der Waals surface area contributed by atoms with Gasteiger partial charge in [-0.05, 0) is 18.6 Å². The van der Waals surface area contributed by atoms with Gasteiger partial charge in [0.25, 0.3) is 5.91 Å². The second-order valence-corrected chi connectivity index (χ2v) is 6.75. The van der Waals surface area contributed by atoms with Crippen LogP contribution >= 0.6 is 0 Å². The quantitative estimate of drug-likeness (QED) is 0.427. The second kappa shape index (κ2) is 8.83. The number of benzene rings is 1. The summed E-state index contributed by atoms with van der Waals surface area (Å²) in [5, 5.41) is 8.22. The topological polar surface area (TPSA) is 117 Å². The smallest absolute Gasteiger partial charge is 0.255 e. The van der Waals surface area contributed by atoms with Gasteiger partial charge in [-0.3, -0.25) is 24.5 Å². The Hall–Kier alpha value is -2.94. The highest BCUT2D eigenvalue weighted by Crippen LogP contribution is 2.32. The molecule has 2 heterocycles. The van der Waals surface area contributed by atoms with Crippen molar-refractivity contribution in [3.05, 3.63) is 29.3 Å². The van der Waals surface area contributed by atoms with Crippen LogP contribution in [0.25, 0.3) is 0 Å². The van der Waals surface area contributed by atoms with Crippen LogP contribution in [0.1, 0.15) is 35.7 Å². The van der Waals surface area contributed by atoms with Crippen molar-refractivity contribution in [3.8, 4) is 0 Å². The van der Waals surface area contributed by atoms with Gasteiger partial charge in [-0.1, -0.05) is 6.07 Å². The van der Waals surface area contributed by atoms with E-state index >= 15 is 0 Å². The van der Waals surface area contributed by atoms with Crippen molar-refractivity contribution in [2.24, 2.45) is 0 Å². The molecule has 1 aromatic rings. The molecule has 3 rings (SSSR count). The Labute approximate surface area is 162 Å². The van der Waals surface area contributed by atoms with Gasteiger partial charge in [0.2, 0.25) is 17.7 Å². The van der Waals surface area contributed by atoms with Crippen LogP contribution in [-0.2, 0) is 25.7 Å². The Balaban J connectivity index is 1.56. The third-order valence-electron chi connectivity index (χ3n) is 4.76. The summed E-state index contributed by atoms with van der Waals surface area (Å²) in [6.45, 7) is 3.67. The number of carbonyl (C=O) groups excluding carboxylic acids is 4. The Kier molecular flexibility index (Phi) is 6.25. The van der Waals surface area contributed by atoms with Crippen LogP contribution in [0.4, 0.5) is 5.69 Å². The van der Waals surface area contributed by atoms with Gasteiger partial charge in [0, 0.05) is 49.8 Å². The predicted molar refractivity (Wildman–Crippen MR) is 100 cm³/mol. The summed E-state index contributed by atoms with van der Waals surface area (Å²) in [5.74, 6) is -1.00. The first-order chi connectivity index (χ1) is 13.5. The minimum Gasteiger partial charge on any atom is -0.382 e. The maximum Gasteiger partial charge on any atom is 0.255 e. The number of fused-ring (bicyclic) bond motifs is 1. The molecule has 0 aromatic heterocycles. The van der Waals surface area contributed by atoms with E-state index in [1.165, 1.54) is 11.8 Å². The van der Waals surface area contributed by atoms with Crippen LogP contribution in [0, 0.1) is 0 Å². The predicted octanol–water partition coefficient (Wildman–Crippen LogP) is 0.0122. The van der Waals surface area contributed by atoms with Gasteiger partial charge in [-0.2, -0.15) is 0 Å². The molecule has 1 fully saturated rings. The number of hydrogen-bond acceptors (Lipinski definition) is 6. The number of rotatable bonds is 8. The summed E-state index contributed by atoms with van der Waals surface area (Å²) in [7, 11) is 0. The molecule has 9 heteroatoms. The van der Waals surface area contributed by atoms with Gasteiger partial charge in [0.1, 0.15) is 6.04 Å². The van der Waals surface area contributed by atoms with E-state index in [2.05, 4.69) is 16.0 Å². The number of anilines is 1. The fourth-order valence-corrected chi connectivity index (χ4v) is 3.41. The molecule has 1 aromatic carbocycles. The van der Waals surface area contributed by atoms with E-state index in [1.54, 1.807) is 12.1 Å². The van der Waals surface area contributed by atoms with Gasteiger partial charge in [-0.25, -0.2) is 0 Å². The Morgan fingerprint density at radius 2 is 2.04 bits per heavy atom. The third-order valence-corrected chi connectivity index (χ3v) is 4.76. The van der Waals surface area contributed by atoms with Crippen molar-refractivity contribution in [2.45, 2.75) is 32.4 Å². The molecule has 150 valence electrons. The van der Waals surface area contributed by atoms with Crippen molar-refractivity contribution in [1.82, 2.24) is 15.5 Å². The lowest BCUT2D eigenvalue weighted by Crippen LogP contribution is -2.52. The van der Waals surface area contributed by atoms with Crippen LogP contribution in [0.15, 0.2) is 18.2 Å². The van der Waals surface area contributed by atoms with Crippen LogP contribution in [-0.4, -0.2) is 60.9 Å². The standard InChI is InChI=1S/C19H24N4O5/c1-12(24)20-7-9-28-10-8-21-15-4-2-3-13-14(15)11-23(19(13)27)16-5-6-17(25)22-18(16)26/h2-4,16,21H,5-11H2,1H3,(H,20,24)(H,22,25,26).